The van der Waals surface area contributed by atoms with Gasteiger partial charge in [0.15, 0.2) is 0 Å². The average Bonchev–Trinajstić information content (AvgIpc) is 2.52. The van der Waals surface area contributed by atoms with Gasteiger partial charge in [-0.15, -0.1) is 0 Å². The van der Waals surface area contributed by atoms with Crippen molar-refractivity contribution < 1.29 is 0 Å². The topological polar surface area (TPSA) is 53.6 Å². The molecule has 70 valence electrons. The maximum absolute atomic E-state index is 8.29. The predicted molar refractivity (Wildman–Crippen MR) is 50.1 cm³/mol. The van der Waals surface area contributed by atoms with E-state index in [9.17, 15) is 0 Å². The van der Waals surface area contributed by atoms with E-state index in [0.29, 0.717) is 6.42 Å². The number of nitrogens with one attached hydrogen (secondary N) is 1. The summed E-state index contributed by atoms with van der Waals surface area (Å²) in [5.74, 6) is 1.03. The lowest BCUT2D eigenvalue weighted by Gasteiger charge is -2.04. The molecule has 0 atom stereocenters. The Morgan fingerprint density at radius 3 is 3.08 bits per heavy atom. The van der Waals surface area contributed by atoms with Gasteiger partial charge in [-0.2, -0.15) is 5.26 Å². The van der Waals surface area contributed by atoms with E-state index >= 15 is 0 Å². The van der Waals surface area contributed by atoms with E-state index in [1.807, 2.05) is 13.1 Å². The van der Waals surface area contributed by atoms with Crippen molar-refractivity contribution >= 4 is 0 Å². The highest BCUT2D eigenvalue weighted by Gasteiger charge is 1.94. The Hall–Kier alpha value is -1.34. The van der Waals surface area contributed by atoms with Gasteiger partial charge in [-0.05, 0) is 6.92 Å². The summed E-state index contributed by atoms with van der Waals surface area (Å²) in [4.78, 5) is 4.11. The minimum absolute atomic E-state index is 0.572. The van der Waals surface area contributed by atoms with Crippen molar-refractivity contribution in [3.05, 3.63) is 18.2 Å². The van der Waals surface area contributed by atoms with Gasteiger partial charge in [0.25, 0.3) is 0 Å². The highest BCUT2D eigenvalue weighted by molar-refractivity contribution is 4.88. The molecule has 0 aromatic carbocycles. The fourth-order valence-corrected chi connectivity index (χ4v) is 1.11. The van der Waals surface area contributed by atoms with Crippen molar-refractivity contribution in [1.29, 1.82) is 5.26 Å². The van der Waals surface area contributed by atoms with Crippen LogP contribution in [0.25, 0.3) is 0 Å². The molecule has 0 fully saturated rings. The van der Waals surface area contributed by atoms with Gasteiger partial charge in [-0.3, -0.25) is 0 Å². The molecule has 13 heavy (non-hydrogen) atoms. The normalized spacial score (nSPS) is 9.85. The molecule has 0 saturated carbocycles. The van der Waals surface area contributed by atoms with Crippen molar-refractivity contribution in [2.24, 2.45) is 0 Å². The van der Waals surface area contributed by atoms with Crippen molar-refractivity contribution in [2.45, 2.75) is 19.9 Å². The standard InChI is InChI=1S/C9H14N4/c1-9-12-6-8-13(9)7-5-11-4-2-3-10/h6,8,11H,2,4-5,7H2,1H3. The van der Waals surface area contributed by atoms with Crippen LogP contribution in [0.2, 0.25) is 0 Å². The van der Waals surface area contributed by atoms with Gasteiger partial charge in [0.1, 0.15) is 5.82 Å². The molecule has 0 radical (unpaired) electrons. The van der Waals surface area contributed by atoms with E-state index in [0.717, 1.165) is 25.5 Å². The SMILES string of the molecule is Cc1nccn1CCNCCC#N. The first-order valence-electron chi connectivity index (χ1n) is 4.40. The lowest BCUT2D eigenvalue weighted by molar-refractivity contribution is 0.592. The third kappa shape index (κ3) is 3.26. The average molecular weight is 178 g/mol. The molecule has 4 heteroatoms. The summed E-state index contributed by atoms with van der Waals surface area (Å²) in [6.45, 7) is 4.55. The van der Waals surface area contributed by atoms with Crippen molar-refractivity contribution in [1.82, 2.24) is 14.9 Å². The summed E-state index contributed by atoms with van der Waals surface area (Å²) >= 11 is 0. The monoisotopic (exact) mass is 178 g/mol. The number of aryl methyl sites for hydroxylation is 1. The molecule has 0 saturated heterocycles. The molecule has 1 N–H and O–H groups in total. The summed E-state index contributed by atoms with van der Waals surface area (Å²) in [6, 6.07) is 2.09. The third-order valence-electron chi connectivity index (χ3n) is 1.87. The smallest absolute Gasteiger partial charge is 0.105 e. The van der Waals surface area contributed by atoms with Gasteiger partial charge in [0, 0.05) is 38.4 Å². The number of rotatable bonds is 5. The van der Waals surface area contributed by atoms with Gasteiger partial charge in [0.2, 0.25) is 0 Å². The van der Waals surface area contributed by atoms with E-state index in [-0.39, 0.29) is 0 Å². The molecule has 1 aromatic heterocycles. The minimum atomic E-state index is 0.572. The fourth-order valence-electron chi connectivity index (χ4n) is 1.11. The molecule has 4 nitrogen and oxygen atoms in total. The maximum atomic E-state index is 8.29. The molecule has 1 aromatic rings. The van der Waals surface area contributed by atoms with Crippen LogP contribution in [0.15, 0.2) is 12.4 Å². The van der Waals surface area contributed by atoms with E-state index < -0.39 is 0 Å². The number of imidazole rings is 1. The van der Waals surface area contributed by atoms with Crippen LogP contribution in [-0.2, 0) is 6.54 Å². The van der Waals surface area contributed by atoms with Crippen molar-refractivity contribution in [3.8, 4) is 6.07 Å². The highest BCUT2D eigenvalue weighted by Crippen LogP contribution is 1.93. The van der Waals surface area contributed by atoms with Gasteiger partial charge in [0.05, 0.1) is 6.07 Å². The lowest BCUT2D eigenvalue weighted by Crippen LogP contribution is -2.20. The second kappa shape index (κ2) is 5.33. The molecule has 0 aliphatic carbocycles. The Kier molecular flexibility index (Phi) is 4.00. The first kappa shape index (κ1) is 9.75. The number of nitriles is 1. The van der Waals surface area contributed by atoms with Gasteiger partial charge in [-0.1, -0.05) is 0 Å². The first-order chi connectivity index (χ1) is 6.34. The molecule has 0 amide bonds. The maximum Gasteiger partial charge on any atom is 0.105 e. The molecular formula is C9H14N4. The van der Waals surface area contributed by atoms with Crippen molar-refractivity contribution in [3.63, 3.8) is 0 Å². The molecule has 0 spiro atoms. The van der Waals surface area contributed by atoms with Crippen LogP contribution in [0.3, 0.4) is 0 Å². The third-order valence-corrected chi connectivity index (χ3v) is 1.87. The zero-order valence-corrected chi connectivity index (χ0v) is 7.82. The van der Waals surface area contributed by atoms with Gasteiger partial charge >= 0.3 is 0 Å². The molecular weight excluding hydrogens is 164 g/mol. The number of hydrogen-bond acceptors (Lipinski definition) is 3. The second-order valence-corrected chi connectivity index (χ2v) is 2.83. The molecule has 1 rings (SSSR count). The second-order valence-electron chi connectivity index (χ2n) is 2.83. The van der Waals surface area contributed by atoms with Crippen molar-refractivity contribution in [2.75, 3.05) is 13.1 Å². The summed E-state index contributed by atoms with van der Waals surface area (Å²) in [6.07, 6.45) is 4.33. The van der Waals surface area contributed by atoms with Crippen LogP contribution in [0.4, 0.5) is 0 Å². The van der Waals surface area contributed by atoms with Crippen LogP contribution >= 0.6 is 0 Å². The van der Waals surface area contributed by atoms with Crippen LogP contribution in [0.1, 0.15) is 12.2 Å². The van der Waals surface area contributed by atoms with E-state index in [2.05, 4.69) is 20.9 Å². The minimum Gasteiger partial charge on any atom is -0.334 e. The molecule has 0 unspecified atom stereocenters. The number of aromatic nitrogens is 2. The Bertz CT molecular complexity index is 284. The Morgan fingerprint density at radius 2 is 2.46 bits per heavy atom. The first-order valence-corrected chi connectivity index (χ1v) is 4.40. The van der Waals surface area contributed by atoms with Gasteiger partial charge in [-0.25, -0.2) is 4.98 Å². The Balaban J connectivity index is 2.14. The van der Waals surface area contributed by atoms with Crippen LogP contribution < -0.4 is 5.32 Å². The van der Waals surface area contributed by atoms with E-state index in [1.165, 1.54) is 0 Å². The zero-order valence-electron chi connectivity index (χ0n) is 7.82. The quantitative estimate of drug-likeness (QED) is 0.675. The Labute approximate surface area is 78.2 Å². The van der Waals surface area contributed by atoms with E-state index in [4.69, 9.17) is 5.26 Å². The highest BCUT2D eigenvalue weighted by atomic mass is 15.1. The van der Waals surface area contributed by atoms with Crippen LogP contribution in [0.5, 0.6) is 0 Å². The van der Waals surface area contributed by atoms with Crippen LogP contribution in [0, 0.1) is 18.3 Å². The summed E-state index contributed by atoms with van der Waals surface area (Å²) < 4.78 is 2.08. The number of nitrogens with zero attached hydrogens (tertiary/aromatic N) is 3. The van der Waals surface area contributed by atoms with E-state index in [1.54, 1.807) is 6.20 Å². The lowest BCUT2D eigenvalue weighted by atomic mass is 10.4. The zero-order chi connectivity index (χ0) is 9.52. The Morgan fingerprint density at radius 1 is 1.62 bits per heavy atom. The molecule has 0 aliphatic heterocycles. The fraction of sp³-hybridized carbons (Fsp3) is 0.556. The summed E-state index contributed by atoms with van der Waals surface area (Å²) in [5, 5.41) is 11.5. The van der Waals surface area contributed by atoms with Crippen LogP contribution in [-0.4, -0.2) is 22.6 Å². The number of hydrogen-bond donors (Lipinski definition) is 1. The summed E-state index contributed by atoms with van der Waals surface area (Å²) in [5.41, 5.74) is 0. The predicted octanol–water partition coefficient (Wildman–Crippen LogP) is 0.695. The molecule has 1 heterocycles. The summed E-state index contributed by atoms with van der Waals surface area (Å²) in [7, 11) is 0. The molecule has 0 aliphatic rings. The molecule has 0 bridgehead atoms. The largest absolute Gasteiger partial charge is 0.334 e. The van der Waals surface area contributed by atoms with Gasteiger partial charge < -0.3 is 9.88 Å².